The molecule has 2 rings (SSSR count). The van der Waals surface area contributed by atoms with Crippen molar-refractivity contribution in [3.63, 3.8) is 0 Å². The predicted octanol–water partition coefficient (Wildman–Crippen LogP) is 2.89. The highest BCUT2D eigenvalue weighted by Gasteiger charge is 2.28. The molecule has 2 heteroatoms. The average molecular weight is 238 g/mol. The first kappa shape index (κ1) is 13.4. The van der Waals surface area contributed by atoms with Crippen LogP contribution >= 0.6 is 0 Å². The second-order valence-electron chi connectivity index (χ2n) is 6.26. The highest BCUT2D eigenvalue weighted by atomic mass is 15.2. The van der Waals surface area contributed by atoms with Crippen molar-refractivity contribution in [3.8, 4) is 0 Å². The van der Waals surface area contributed by atoms with E-state index in [0.29, 0.717) is 0 Å². The lowest BCUT2D eigenvalue weighted by atomic mass is 9.96. The van der Waals surface area contributed by atoms with Crippen molar-refractivity contribution in [2.45, 2.75) is 58.4 Å². The summed E-state index contributed by atoms with van der Waals surface area (Å²) in [5.41, 5.74) is 0. The summed E-state index contributed by atoms with van der Waals surface area (Å²) < 4.78 is 0. The van der Waals surface area contributed by atoms with E-state index in [9.17, 15) is 0 Å². The van der Waals surface area contributed by atoms with Gasteiger partial charge in [-0.3, -0.25) is 0 Å². The maximum absolute atomic E-state index is 3.48. The van der Waals surface area contributed by atoms with Gasteiger partial charge < -0.3 is 10.2 Å². The minimum atomic E-state index is 0.903. The second kappa shape index (κ2) is 6.75. The van der Waals surface area contributed by atoms with Crippen LogP contribution in [0.2, 0.25) is 0 Å². The van der Waals surface area contributed by atoms with Crippen LogP contribution in [0.5, 0.6) is 0 Å². The van der Waals surface area contributed by atoms with Crippen LogP contribution in [0, 0.1) is 11.8 Å². The molecule has 2 nitrogen and oxygen atoms in total. The van der Waals surface area contributed by atoms with Crippen LogP contribution in [-0.4, -0.2) is 37.1 Å². The summed E-state index contributed by atoms with van der Waals surface area (Å²) in [6, 6.07) is 0.903. The Bertz CT molecular complexity index is 211. The third-order valence-corrected chi connectivity index (χ3v) is 4.65. The van der Waals surface area contributed by atoms with Gasteiger partial charge in [0, 0.05) is 12.6 Å². The summed E-state index contributed by atoms with van der Waals surface area (Å²) in [6.45, 7) is 9.92. The van der Waals surface area contributed by atoms with E-state index >= 15 is 0 Å². The van der Waals surface area contributed by atoms with Gasteiger partial charge in [0.25, 0.3) is 0 Å². The first-order valence-electron chi connectivity index (χ1n) is 7.74. The number of nitrogens with one attached hydrogen (secondary N) is 1. The number of nitrogens with zero attached hydrogens (tertiary/aromatic N) is 1. The molecule has 0 bridgehead atoms. The van der Waals surface area contributed by atoms with Gasteiger partial charge in [-0.1, -0.05) is 13.8 Å². The quantitative estimate of drug-likeness (QED) is 0.792. The van der Waals surface area contributed by atoms with Crippen molar-refractivity contribution in [2.24, 2.45) is 11.8 Å². The van der Waals surface area contributed by atoms with E-state index in [4.69, 9.17) is 0 Å². The van der Waals surface area contributed by atoms with Gasteiger partial charge in [0.2, 0.25) is 0 Å². The summed E-state index contributed by atoms with van der Waals surface area (Å²) in [5.74, 6) is 1.92. The predicted molar refractivity (Wildman–Crippen MR) is 74.3 cm³/mol. The number of hydrogen-bond donors (Lipinski definition) is 1. The SMILES string of the molecule is CCCN(CC1CCNCC1)C1CCC(C)C1. The zero-order valence-electron chi connectivity index (χ0n) is 11.8. The van der Waals surface area contributed by atoms with Crippen LogP contribution in [0.15, 0.2) is 0 Å². The first-order valence-corrected chi connectivity index (χ1v) is 7.74. The topological polar surface area (TPSA) is 15.3 Å². The molecular weight excluding hydrogens is 208 g/mol. The Labute approximate surface area is 107 Å². The first-order chi connectivity index (χ1) is 8.29. The molecule has 0 aromatic heterocycles. The second-order valence-corrected chi connectivity index (χ2v) is 6.26. The Morgan fingerprint density at radius 2 is 1.88 bits per heavy atom. The number of piperidine rings is 1. The summed E-state index contributed by atoms with van der Waals surface area (Å²) in [5, 5.41) is 3.48. The molecule has 0 aromatic rings. The Kier molecular flexibility index (Phi) is 5.30. The van der Waals surface area contributed by atoms with E-state index in [1.54, 1.807) is 0 Å². The normalized spacial score (nSPS) is 31.2. The van der Waals surface area contributed by atoms with Gasteiger partial charge in [0.05, 0.1) is 0 Å². The van der Waals surface area contributed by atoms with Gasteiger partial charge in [-0.25, -0.2) is 0 Å². The number of rotatable bonds is 5. The van der Waals surface area contributed by atoms with Crippen molar-refractivity contribution in [1.82, 2.24) is 10.2 Å². The molecule has 0 amide bonds. The standard InChI is InChI=1S/C15H30N2/c1-3-10-17(15-5-4-13(2)11-15)12-14-6-8-16-9-7-14/h13-16H,3-12H2,1-2H3. The molecule has 0 aromatic carbocycles. The molecule has 17 heavy (non-hydrogen) atoms. The van der Waals surface area contributed by atoms with Gasteiger partial charge in [-0.2, -0.15) is 0 Å². The van der Waals surface area contributed by atoms with Crippen molar-refractivity contribution in [2.75, 3.05) is 26.2 Å². The van der Waals surface area contributed by atoms with E-state index in [1.165, 1.54) is 64.7 Å². The smallest absolute Gasteiger partial charge is 0.00980 e. The van der Waals surface area contributed by atoms with Crippen LogP contribution in [-0.2, 0) is 0 Å². The number of hydrogen-bond acceptors (Lipinski definition) is 2. The van der Waals surface area contributed by atoms with Crippen LogP contribution in [0.1, 0.15) is 52.4 Å². The monoisotopic (exact) mass is 238 g/mol. The Morgan fingerprint density at radius 1 is 1.12 bits per heavy atom. The van der Waals surface area contributed by atoms with E-state index in [1.807, 2.05) is 0 Å². The van der Waals surface area contributed by atoms with E-state index in [-0.39, 0.29) is 0 Å². The van der Waals surface area contributed by atoms with Crippen molar-refractivity contribution < 1.29 is 0 Å². The van der Waals surface area contributed by atoms with Crippen molar-refractivity contribution in [3.05, 3.63) is 0 Å². The molecule has 1 saturated heterocycles. The van der Waals surface area contributed by atoms with Crippen LogP contribution in [0.25, 0.3) is 0 Å². The molecule has 1 N–H and O–H groups in total. The largest absolute Gasteiger partial charge is 0.317 e. The third-order valence-electron chi connectivity index (χ3n) is 4.65. The zero-order valence-corrected chi connectivity index (χ0v) is 11.8. The lowest BCUT2D eigenvalue weighted by Crippen LogP contribution is -2.41. The molecular formula is C15H30N2. The highest BCUT2D eigenvalue weighted by molar-refractivity contribution is 4.83. The van der Waals surface area contributed by atoms with Gasteiger partial charge in [0.1, 0.15) is 0 Å². The molecule has 2 fully saturated rings. The fourth-order valence-electron chi connectivity index (χ4n) is 3.61. The minimum absolute atomic E-state index is 0.903. The molecule has 0 spiro atoms. The molecule has 100 valence electrons. The summed E-state index contributed by atoms with van der Waals surface area (Å²) in [6.07, 6.45) is 8.45. The average Bonchev–Trinajstić information content (AvgIpc) is 2.77. The lowest BCUT2D eigenvalue weighted by molar-refractivity contribution is 0.151. The summed E-state index contributed by atoms with van der Waals surface area (Å²) in [7, 11) is 0. The molecule has 1 saturated carbocycles. The van der Waals surface area contributed by atoms with Crippen LogP contribution < -0.4 is 5.32 Å². The third kappa shape index (κ3) is 3.96. The maximum Gasteiger partial charge on any atom is 0.00980 e. The van der Waals surface area contributed by atoms with Crippen molar-refractivity contribution >= 4 is 0 Å². The maximum atomic E-state index is 3.48. The van der Waals surface area contributed by atoms with Crippen LogP contribution in [0.3, 0.4) is 0 Å². The Morgan fingerprint density at radius 3 is 2.47 bits per heavy atom. The molecule has 2 aliphatic rings. The minimum Gasteiger partial charge on any atom is -0.317 e. The van der Waals surface area contributed by atoms with Gasteiger partial charge in [0.15, 0.2) is 0 Å². The van der Waals surface area contributed by atoms with Crippen molar-refractivity contribution in [1.29, 1.82) is 0 Å². The molecule has 2 atom stereocenters. The summed E-state index contributed by atoms with van der Waals surface area (Å²) >= 11 is 0. The van der Waals surface area contributed by atoms with Gasteiger partial charge >= 0.3 is 0 Å². The van der Waals surface area contributed by atoms with Gasteiger partial charge in [-0.05, 0) is 70.0 Å². The molecule has 1 heterocycles. The summed E-state index contributed by atoms with van der Waals surface area (Å²) in [4.78, 5) is 2.82. The lowest BCUT2D eigenvalue weighted by Gasteiger charge is -2.34. The van der Waals surface area contributed by atoms with Gasteiger partial charge in [-0.15, -0.1) is 0 Å². The molecule has 1 aliphatic carbocycles. The molecule has 0 radical (unpaired) electrons. The van der Waals surface area contributed by atoms with E-state index in [2.05, 4.69) is 24.1 Å². The van der Waals surface area contributed by atoms with Crippen LogP contribution in [0.4, 0.5) is 0 Å². The Hall–Kier alpha value is -0.0800. The molecule has 2 unspecified atom stereocenters. The van der Waals surface area contributed by atoms with E-state index in [0.717, 1.165) is 17.9 Å². The zero-order chi connectivity index (χ0) is 12.1. The molecule has 1 aliphatic heterocycles. The Balaban J connectivity index is 1.82. The fourth-order valence-corrected chi connectivity index (χ4v) is 3.61. The van der Waals surface area contributed by atoms with E-state index < -0.39 is 0 Å². The highest BCUT2D eigenvalue weighted by Crippen LogP contribution is 2.30. The fraction of sp³-hybridized carbons (Fsp3) is 1.00.